The fourth-order valence-corrected chi connectivity index (χ4v) is 3.63. The first-order chi connectivity index (χ1) is 13.8. The summed E-state index contributed by atoms with van der Waals surface area (Å²) < 4.78 is 7.61. The van der Waals surface area contributed by atoms with Crippen molar-refractivity contribution in [1.82, 2.24) is 14.5 Å². The smallest absolute Gasteiger partial charge is 0.247 e. The summed E-state index contributed by atoms with van der Waals surface area (Å²) in [5, 5.41) is 0. The number of benzene rings is 1. The van der Waals surface area contributed by atoms with Gasteiger partial charge >= 0.3 is 0 Å². The van der Waals surface area contributed by atoms with Gasteiger partial charge in [0, 0.05) is 31.3 Å². The fourth-order valence-electron chi connectivity index (χ4n) is 3.63. The van der Waals surface area contributed by atoms with Crippen LogP contribution in [0.15, 0.2) is 61.1 Å². The number of nitrogens with zero attached hydrogens (tertiary/aromatic N) is 3. The third-order valence-electron chi connectivity index (χ3n) is 5.00. The van der Waals surface area contributed by atoms with Crippen molar-refractivity contribution in [2.75, 3.05) is 7.11 Å². The van der Waals surface area contributed by atoms with Crippen molar-refractivity contribution in [3.8, 4) is 11.3 Å². The standard InChI is InChI=1S/C23H28N4O2/c1-23(2,3)19(20(29-4)21(24)28)22-26-18(17-10-6-5-7-11-17)15-27(22)14-16-9-8-12-25-13-16/h5-13,15,19-20H,14H2,1-4H3,(H2,24,28)/t19-,20?/m0/s1. The van der Waals surface area contributed by atoms with Crippen LogP contribution in [-0.2, 0) is 16.1 Å². The summed E-state index contributed by atoms with van der Waals surface area (Å²) in [6.07, 6.45) is 4.82. The SMILES string of the molecule is COC(C(N)=O)[C@@H](c1nc(-c2ccccc2)cn1Cc1cccnc1)C(C)(C)C. The molecule has 1 amide bonds. The number of imidazole rings is 1. The molecule has 0 fully saturated rings. The van der Waals surface area contributed by atoms with E-state index in [1.807, 2.05) is 54.9 Å². The van der Waals surface area contributed by atoms with Crippen LogP contribution in [0, 0.1) is 5.41 Å². The molecule has 0 saturated carbocycles. The topological polar surface area (TPSA) is 83.0 Å². The molecule has 0 radical (unpaired) electrons. The molecule has 1 unspecified atom stereocenters. The van der Waals surface area contributed by atoms with Gasteiger partial charge in [-0.1, -0.05) is 57.2 Å². The second-order valence-corrected chi connectivity index (χ2v) is 8.24. The summed E-state index contributed by atoms with van der Waals surface area (Å²) in [7, 11) is 1.51. The van der Waals surface area contributed by atoms with Gasteiger partial charge in [-0.15, -0.1) is 0 Å². The van der Waals surface area contributed by atoms with Gasteiger partial charge in [0.15, 0.2) is 0 Å². The highest BCUT2D eigenvalue weighted by Crippen LogP contribution is 2.39. The van der Waals surface area contributed by atoms with E-state index >= 15 is 0 Å². The maximum Gasteiger partial charge on any atom is 0.247 e. The van der Waals surface area contributed by atoms with Crippen molar-refractivity contribution in [3.05, 3.63) is 72.4 Å². The van der Waals surface area contributed by atoms with Crippen LogP contribution in [0.2, 0.25) is 0 Å². The molecule has 152 valence electrons. The Labute approximate surface area is 171 Å². The van der Waals surface area contributed by atoms with E-state index < -0.39 is 12.0 Å². The Morgan fingerprint density at radius 1 is 1.17 bits per heavy atom. The number of ether oxygens (including phenoxy) is 1. The molecule has 3 aromatic rings. The van der Waals surface area contributed by atoms with Crippen LogP contribution in [-0.4, -0.2) is 33.7 Å². The summed E-state index contributed by atoms with van der Waals surface area (Å²) in [6.45, 7) is 6.79. The van der Waals surface area contributed by atoms with Crippen LogP contribution in [0.5, 0.6) is 0 Å². The zero-order valence-electron chi connectivity index (χ0n) is 17.4. The average molecular weight is 393 g/mol. The minimum atomic E-state index is -0.784. The highest BCUT2D eigenvalue weighted by Gasteiger charge is 2.40. The largest absolute Gasteiger partial charge is 0.371 e. The van der Waals surface area contributed by atoms with E-state index in [-0.39, 0.29) is 11.3 Å². The Morgan fingerprint density at radius 3 is 2.45 bits per heavy atom. The van der Waals surface area contributed by atoms with Gasteiger partial charge < -0.3 is 15.0 Å². The number of carbonyl (C=O) groups is 1. The van der Waals surface area contributed by atoms with Crippen molar-refractivity contribution in [2.45, 2.75) is 39.3 Å². The van der Waals surface area contributed by atoms with Crippen molar-refractivity contribution in [2.24, 2.45) is 11.1 Å². The van der Waals surface area contributed by atoms with Gasteiger partial charge in [0.2, 0.25) is 5.91 Å². The number of methoxy groups -OCH3 is 1. The fraction of sp³-hybridized carbons (Fsp3) is 0.348. The molecule has 2 heterocycles. The van der Waals surface area contributed by atoms with E-state index in [0.29, 0.717) is 6.54 Å². The van der Waals surface area contributed by atoms with Crippen LogP contribution in [0.3, 0.4) is 0 Å². The number of amides is 1. The molecule has 0 aliphatic rings. The van der Waals surface area contributed by atoms with Crippen molar-refractivity contribution < 1.29 is 9.53 Å². The lowest BCUT2D eigenvalue weighted by atomic mass is 9.76. The molecule has 0 spiro atoms. The van der Waals surface area contributed by atoms with Gasteiger partial charge in [-0.05, 0) is 17.0 Å². The number of pyridine rings is 1. The number of carbonyl (C=O) groups excluding carboxylic acids is 1. The van der Waals surface area contributed by atoms with E-state index in [1.54, 1.807) is 6.20 Å². The normalized spacial score (nSPS) is 13.8. The van der Waals surface area contributed by atoms with Gasteiger partial charge in [0.25, 0.3) is 0 Å². The van der Waals surface area contributed by atoms with Gasteiger partial charge in [0.05, 0.1) is 18.2 Å². The zero-order chi connectivity index (χ0) is 21.0. The van der Waals surface area contributed by atoms with Crippen molar-refractivity contribution in [1.29, 1.82) is 0 Å². The maximum atomic E-state index is 12.2. The summed E-state index contributed by atoms with van der Waals surface area (Å²) in [6, 6.07) is 13.9. The minimum Gasteiger partial charge on any atom is -0.371 e. The lowest BCUT2D eigenvalue weighted by Crippen LogP contribution is -2.42. The van der Waals surface area contributed by atoms with Crippen LogP contribution in [0.1, 0.15) is 38.1 Å². The predicted molar refractivity (Wildman–Crippen MR) is 113 cm³/mol. The highest BCUT2D eigenvalue weighted by molar-refractivity contribution is 5.80. The summed E-state index contributed by atoms with van der Waals surface area (Å²) >= 11 is 0. The molecular formula is C23H28N4O2. The third-order valence-corrected chi connectivity index (χ3v) is 5.00. The molecule has 2 N–H and O–H groups in total. The predicted octanol–water partition coefficient (Wildman–Crippen LogP) is 3.62. The minimum absolute atomic E-state index is 0.304. The first-order valence-corrected chi connectivity index (χ1v) is 9.64. The molecule has 29 heavy (non-hydrogen) atoms. The van der Waals surface area contributed by atoms with Gasteiger partial charge in [-0.3, -0.25) is 9.78 Å². The summed E-state index contributed by atoms with van der Waals surface area (Å²) in [4.78, 5) is 21.4. The van der Waals surface area contributed by atoms with E-state index in [4.69, 9.17) is 15.5 Å². The number of rotatable bonds is 7. The molecule has 0 aliphatic heterocycles. The molecule has 2 aromatic heterocycles. The number of nitrogens with two attached hydrogens (primary N) is 1. The van der Waals surface area contributed by atoms with Gasteiger partial charge in [-0.2, -0.15) is 0 Å². The Kier molecular flexibility index (Phi) is 6.13. The Balaban J connectivity index is 2.15. The van der Waals surface area contributed by atoms with Crippen LogP contribution in [0.4, 0.5) is 0 Å². The lowest BCUT2D eigenvalue weighted by molar-refractivity contribution is -0.131. The van der Waals surface area contributed by atoms with E-state index in [0.717, 1.165) is 22.6 Å². The average Bonchev–Trinajstić information content (AvgIpc) is 3.09. The molecule has 6 nitrogen and oxygen atoms in total. The molecule has 0 saturated heterocycles. The Bertz CT molecular complexity index is 946. The van der Waals surface area contributed by atoms with Crippen molar-refractivity contribution in [3.63, 3.8) is 0 Å². The number of hydrogen-bond donors (Lipinski definition) is 1. The Morgan fingerprint density at radius 2 is 1.90 bits per heavy atom. The monoisotopic (exact) mass is 392 g/mol. The number of primary amides is 1. The first kappa shape index (κ1) is 20.7. The summed E-state index contributed by atoms with van der Waals surface area (Å²) in [5.41, 5.74) is 8.29. The Hall–Kier alpha value is -2.99. The molecule has 3 rings (SSSR count). The van der Waals surface area contributed by atoms with E-state index in [1.165, 1.54) is 7.11 Å². The van der Waals surface area contributed by atoms with E-state index in [9.17, 15) is 4.79 Å². The number of aromatic nitrogens is 3. The maximum absolute atomic E-state index is 12.2. The molecule has 0 bridgehead atoms. The van der Waals surface area contributed by atoms with Crippen LogP contribution < -0.4 is 5.73 Å². The number of hydrogen-bond acceptors (Lipinski definition) is 4. The van der Waals surface area contributed by atoms with Crippen molar-refractivity contribution >= 4 is 5.91 Å². The molecular weight excluding hydrogens is 364 g/mol. The lowest BCUT2D eigenvalue weighted by Gasteiger charge is -2.34. The molecule has 6 heteroatoms. The highest BCUT2D eigenvalue weighted by atomic mass is 16.5. The molecule has 1 aromatic carbocycles. The quantitative estimate of drug-likeness (QED) is 0.666. The van der Waals surface area contributed by atoms with Gasteiger partial charge in [0.1, 0.15) is 11.9 Å². The van der Waals surface area contributed by atoms with Crippen LogP contribution >= 0.6 is 0 Å². The van der Waals surface area contributed by atoms with Gasteiger partial charge in [-0.25, -0.2) is 4.98 Å². The second-order valence-electron chi connectivity index (χ2n) is 8.24. The molecule has 2 atom stereocenters. The first-order valence-electron chi connectivity index (χ1n) is 9.64. The second kappa shape index (κ2) is 8.57. The molecule has 0 aliphatic carbocycles. The summed E-state index contributed by atoms with van der Waals surface area (Å²) in [5.74, 6) is -0.0467. The third kappa shape index (κ3) is 4.71. The van der Waals surface area contributed by atoms with Crippen LogP contribution in [0.25, 0.3) is 11.3 Å². The van der Waals surface area contributed by atoms with E-state index in [2.05, 4.69) is 30.3 Å². The zero-order valence-corrected chi connectivity index (χ0v) is 17.4.